The molecule has 1 aliphatic heterocycles. The second-order valence-corrected chi connectivity index (χ2v) is 7.29. The lowest BCUT2D eigenvalue weighted by Gasteiger charge is -2.23. The van der Waals surface area contributed by atoms with Crippen LogP contribution in [0.5, 0.6) is 0 Å². The first-order valence-corrected chi connectivity index (χ1v) is 9.42. The van der Waals surface area contributed by atoms with Gasteiger partial charge in [0.15, 0.2) is 5.96 Å². The number of nitrogens with one attached hydrogen (secondary N) is 1. The van der Waals surface area contributed by atoms with E-state index in [9.17, 15) is 0 Å². The molecule has 3 fully saturated rings. The zero-order valence-corrected chi connectivity index (χ0v) is 14.4. The van der Waals surface area contributed by atoms with E-state index in [4.69, 9.17) is 9.73 Å². The van der Waals surface area contributed by atoms with E-state index in [1.165, 1.54) is 32.1 Å². The minimum atomic E-state index is 0.673. The summed E-state index contributed by atoms with van der Waals surface area (Å²) in [6.45, 7) is 10.2. The number of ether oxygens (including phenoxy) is 1. The van der Waals surface area contributed by atoms with Gasteiger partial charge < -0.3 is 15.0 Å². The first-order chi connectivity index (χ1) is 10.8. The number of guanidine groups is 1. The molecule has 2 aliphatic carbocycles. The van der Waals surface area contributed by atoms with Gasteiger partial charge in [-0.3, -0.25) is 4.99 Å². The van der Waals surface area contributed by atoms with Gasteiger partial charge in [-0.1, -0.05) is 0 Å². The lowest BCUT2D eigenvalue weighted by molar-refractivity contribution is 0.114. The van der Waals surface area contributed by atoms with Crippen LogP contribution in [0.15, 0.2) is 4.99 Å². The molecule has 0 radical (unpaired) electrons. The normalized spacial score (nSPS) is 26.0. The predicted octanol–water partition coefficient (Wildman–Crippen LogP) is 2.75. The van der Waals surface area contributed by atoms with Crippen molar-refractivity contribution in [3.05, 3.63) is 0 Å². The lowest BCUT2D eigenvalue weighted by atomic mass is 9.98. The summed E-state index contributed by atoms with van der Waals surface area (Å²) in [6, 6.07) is 0. The SMILES string of the molecule is CCNC(=NCC(C1CC1)C1CC1)N1CCC(COCC)C1. The van der Waals surface area contributed by atoms with E-state index in [2.05, 4.69) is 24.1 Å². The molecule has 0 spiro atoms. The van der Waals surface area contributed by atoms with Gasteiger partial charge in [0.1, 0.15) is 0 Å². The highest BCUT2D eigenvalue weighted by Gasteiger charge is 2.41. The summed E-state index contributed by atoms with van der Waals surface area (Å²) in [7, 11) is 0. The summed E-state index contributed by atoms with van der Waals surface area (Å²) < 4.78 is 5.60. The number of aliphatic imine (C=N–C) groups is 1. The summed E-state index contributed by atoms with van der Waals surface area (Å²) in [5, 5.41) is 3.51. The van der Waals surface area contributed by atoms with E-state index >= 15 is 0 Å². The highest BCUT2D eigenvalue weighted by molar-refractivity contribution is 5.80. The van der Waals surface area contributed by atoms with Crippen LogP contribution >= 0.6 is 0 Å². The summed E-state index contributed by atoms with van der Waals surface area (Å²) in [6.07, 6.45) is 7.04. The maximum absolute atomic E-state index is 5.60. The van der Waals surface area contributed by atoms with Crippen molar-refractivity contribution in [2.45, 2.75) is 46.0 Å². The molecular weight excluding hydrogens is 274 g/mol. The van der Waals surface area contributed by atoms with E-state index in [1.807, 2.05) is 0 Å². The van der Waals surface area contributed by atoms with Crippen LogP contribution in [-0.2, 0) is 4.74 Å². The molecule has 0 aromatic heterocycles. The third-order valence-corrected chi connectivity index (χ3v) is 5.38. The van der Waals surface area contributed by atoms with Gasteiger partial charge in [0.05, 0.1) is 6.61 Å². The Morgan fingerprint density at radius 2 is 1.91 bits per heavy atom. The van der Waals surface area contributed by atoms with Gasteiger partial charge >= 0.3 is 0 Å². The molecule has 0 aromatic carbocycles. The average molecular weight is 307 g/mol. The predicted molar refractivity (Wildman–Crippen MR) is 91.1 cm³/mol. The molecule has 3 rings (SSSR count). The fourth-order valence-corrected chi connectivity index (χ4v) is 3.80. The molecule has 1 unspecified atom stereocenters. The molecule has 1 atom stereocenters. The topological polar surface area (TPSA) is 36.9 Å². The van der Waals surface area contributed by atoms with Crippen molar-refractivity contribution in [2.24, 2.45) is 28.7 Å². The Morgan fingerprint density at radius 3 is 2.50 bits per heavy atom. The molecule has 126 valence electrons. The second kappa shape index (κ2) is 7.67. The van der Waals surface area contributed by atoms with Gasteiger partial charge in [-0.2, -0.15) is 0 Å². The number of nitrogens with zero attached hydrogens (tertiary/aromatic N) is 2. The Hall–Kier alpha value is -0.770. The van der Waals surface area contributed by atoms with Crippen molar-refractivity contribution in [1.82, 2.24) is 10.2 Å². The molecule has 3 aliphatic rings. The molecular formula is C18H33N3O. The lowest BCUT2D eigenvalue weighted by Crippen LogP contribution is -2.40. The van der Waals surface area contributed by atoms with Crippen LogP contribution in [0.25, 0.3) is 0 Å². The molecule has 4 heteroatoms. The van der Waals surface area contributed by atoms with Crippen LogP contribution in [0, 0.1) is 23.7 Å². The molecule has 22 heavy (non-hydrogen) atoms. The van der Waals surface area contributed by atoms with Gasteiger partial charge in [-0.05, 0) is 63.7 Å². The van der Waals surface area contributed by atoms with Crippen LogP contribution in [0.4, 0.5) is 0 Å². The molecule has 4 nitrogen and oxygen atoms in total. The maximum atomic E-state index is 5.60. The molecule has 0 aromatic rings. The van der Waals surface area contributed by atoms with E-state index in [-0.39, 0.29) is 0 Å². The van der Waals surface area contributed by atoms with Gasteiger partial charge in [-0.25, -0.2) is 0 Å². The quantitative estimate of drug-likeness (QED) is 0.553. The Kier molecular flexibility index (Phi) is 5.61. The fourth-order valence-electron chi connectivity index (χ4n) is 3.80. The van der Waals surface area contributed by atoms with Crippen LogP contribution in [0.3, 0.4) is 0 Å². The molecule has 0 bridgehead atoms. The van der Waals surface area contributed by atoms with Crippen molar-refractivity contribution in [1.29, 1.82) is 0 Å². The van der Waals surface area contributed by atoms with Crippen LogP contribution < -0.4 is 5.32 Å². The smallest absolute Gasteiger partial charge is 0.193 e. The van der Waals surface area contributed by atoms with E-state index in [0.29, 0.717) is 5.92 Å². The first-order valence-electron chi connectivity index (χ1n) is 9.42. The molecule has 0 amide bonds. The van der Waals surface area contributed by atoms with E-state index in [0.717, 1.165) is 63.1 Å². The zero-order chi connectivity index (χ0) is 15.4. The van der Waals surface area contributed by atoms with Gasteiger partial charge in [-0.15, -0.1) is 0 Å². The van der Waals surface area contributed by atoms with Gasteiger partial charge in [0.25, 0.3) is 0 Å². The summed E-state index contributed by atoms with van der Waals surface area (Å²) in [5.41, 5.74) is 0. The third kappa shape index (κ3) is 4.37. The highest BCUT2D eigenvalue weighted by Crippen LogP contribution is 2.49. The van der Waals surface area contributed by atoms with Crippen molar-refractivity contribution in [2.75, 3.05) is 39.4 Å². The van der Waals surface area contributed by atoms with Gasteiger partial charge in [0, 0.05) is 38.7 Å². The Balaban J connectivity index is 1.53. The summed E-state index contributed by atoms with van der Waals surface area (Å²) in [4.78, 5) is 7.47. The van der Waals surface area contributed by atoms with Crippen molar-refractivity contribution in [3.8, 4) is 0 Å². The van der Waals surface area contributed by atoms with E-state index in [1.54, 1.807) is 0 Å². The van der Waals surface area contributed by atoms with Crippen LogP contribution in [0.2, 0.25) is 0 Å². The molecule has 1 saturated heterocycles. The minimum Gasteiger partial charge on any atom is -0.381 e. The molecule has 1 N–H and O–H groups in total. The molecule has 2 saturated carbocycles. The Labute approximate surface area is 135 Å². The maximum Gasteiger partial charge on any atom is 0.193 e. The Morgan fingerprint density at radius 1 is 1.18 bits per heavy atom. The zero-order valence-electron chi connectivity index (χ0n) is 14.4. The van der Waals surface area contributed by atoms with Crippen LogP contribution in [-0.4, -0.2) is 50.3 Å². The van der Waals surface area contributed by atoms with Gasteiger partial charge in [0.2, 0.25) is 0 Å². The van der Waals surface area contributed by atoms with E-state index < -0.39 is 0 Å². The summed E-state index contributed by atoms with van der Waals surface area (Å²) >= 11 is 0. The standard InChI is InChI=1S/C18H33N3O/c1-3-19-18(21-10-9-14(12-21)13-22-4-2)20-11-17(15-5-6-15)16-7-8-16/h14-17H,3-13H2,1-2H3,(H,19,20). The fraction of sp³-hybridized carbons (Fsp3) is 0.944. The average Bonchev–Trinajstić information content (AvgIpc) is 3.45. The summed E-state index contributed by atoms with van der Waals surface area (Å²) in [5.74, 6) is 4.67. The largest absolute Gasteiger partial charge is 0.381 e. The minimum absolute atomic E-state index is 0.673. The Bertz CT molecular complexity index is 365. The second-order valence-electron chi connectivity index (χ2n) is 7.29. The molecule has 1 heterocycles. The number of hydrogen-bond donors (Lipinski definition) is 1. The van der Waals surface area contributed by atoms with Crippen molar-refractivity contribution >= 4 is 5.96 Å². The number of hydrogen-bond acceptors (Lipinski definition) is 2. The number of rotatable bonds is 8. The monoisotopic (exact) mass is 307 g/mol. The van der Waals surface area contributed by atoms with Crippen LogP contribution in [0.1, 0.15) is 46.0 Å². The number of likely N-dealkylation sites (tertiary alicyclic amines) is 1. The van der Waals surface area contributed by atoms with Crippen molar-refractivity contribution in [3.63, 3.8) is 0 Å². The third-order valence-electron chi connectivity index (χ3n) is 5.38. The first kappa shape index (κ1) is 16.1. The highest BCUT2D eigenvalue weighted by atomic mass is 16.5. The van der Waals surface area contributed by atoms with Crippen molar-refractivity contribution < 1.29 is 4.74 Å².